The maximum atomic E-state index is 0. The molecule has 0 amide bonds. The molecule has 0 aliphatic carbocycles. The quantitative estimate of drug-likeness (QED) is 0.515. The summed E-state index contributed by atoms with van der Waals surface area (Å²) in [5, 5.41) is 0. The van der Waals surface area contributed by atoms with Crippen LogP contribution in [-0.2, 0) is 80.6 Å². The fourth-order valence-corrected chi connectivity index (χ4v) is 0. The van der Waals surface area contributed by atoms with E-state index in [1.54, 1.807) is 0 Å². The molecule has 0 saturated carbocycles. The Bertz CT molecular complexity index is 13.5. The molecule has 0 aromatic heterocycles. The van der Waals surface area contributed by atoms with E-state index in [9.17, 15) is 0 Å². The van der Waals surface area contributed by atoms with Gasteiger partial charge in [0.25, 0.3) is 0 Å². The van der Waals surface area contributed by atoms with Crippen LogP contribution in [0.4, 0.5) is 0 Å². The molecule has 0 aromatic rings. The second-order valence-corrected chi connectivity index (χ2v) is 0. The van der Waals surface area contributed by atoms with Gasteiger partial charge >= 0.3 is 93.0 Å². The van der Waals surface area contributed by atoms with Gasteiger partial charge in [0.05, 0.1) is 0 Å². The predicted octanol–water partition coefficient (Wildman–Crippen LogP) is -0.393. The average molecular weight is 363 g/mol. The molecule has 0 heterocycles. The van der Waals surface area contributed by atoms with Crippen molar-refractivity contribution in [2.45, 2.75) is 0 Å². The Morgan fingerprint density at radius 3 is 1.00 bits per heavy atom. The maximum absolute atomic E-state index is 0. The van der Waals surface area contributed by atoms with Gasteiger partial charge in [0.1, 0.15) is 0 Å². The van der Waals surface area contributed by atoms with E-state index in [0.29, 0.717) is 0 Å². The van der Waals surface area contributed by atoms with Crippen molar-refractivity contribution in [3.05, 3.63) is 0 Å². The Morgan fingerprint density at radius 2 is 1.00 bits per heavy atom. The van der Waals surface area contributed by atoms with Crippen LogP contribution in [0.25, 0.3) is 0 Å². The summed E-state index contributed by atoms with van der Waals surface area (Å²) in [5.41, 5.74) is 0. The van der Waals surface area contributed by atoms with Crippen LogP contribution in [0, 0.1) is 0 Å². The Hall–Kier alpha value is 3.23. The summed E-state index contributed by atoms with van der Waals surface area (Å²) in [4.78, 5) is 0. The molecule has 26 valence electrons. The summed E-state index contributed by atoms with van der Waals surface area (Å²) < 4.78 is 0. The molecule has 0 aromatic carbocycles. The first kappa shape index (κ1) is 59.9. The maximum Gasteiger partial charge on any atom is 3.00 e. The van der Waals surface area contributed by atoms with Crippen LogP contribution in [0.2, 0.25) is 0 Å². The molecule has 0 aliphatic heterocycles. The second kappa shape index (κ2) is 41.2. The van der Waals surface area contributed by atoms with Crippen molar-refractivity contribution in [3.8, 4) is 0 Å². The number of rotatable bonds is 0. The van der Waals surface area contributed by atoms with Crippen LogP contribution >= 0.6 is 0 Å². The summed E-state index contributed by atoms with van der Waals surface area (Å²) >= 11 is 0. The van der Waals surface area contributed by atoms with E-state index in [1.165, 1.54) is 0 Å². The van der Waals surface area contributed by atoms with Gasteiger partial charge in [-0.25, -0.2) is 0 Å². The zero-order chi connectivity index (χ0) is 0. The Labute approximate surface area is 105 Å². The van der Waals surface area contributed by atoms with Crippen LogP contribution in [0.1, 0.15) is 0 Å². The minimum atomic E-state index is 0. The molecule has 0 rings (SSSR count). The van der Waals surface area contributed by atoms with E-state index < -0.39 is 0 Å². The molecule has 0 spiro atoms. The van der Waals surface area contributed by atoms with Crippen LogP contribution in [0.3, 0.4) is 0 Å². The third kappa shape index (κ3) is 26.9. The van der Waals surface area contributed by atoms with Gasteiger partial charge in [0.15, 0.2) is 0 Å². The van der Waals surface area contributed by atoms with Crippen molar-refractivity contribution < 1.29 is 53.6 Å². The third-order valence-electron chi connectivity index (χ3n) is 0. The third-order valence-corrected chi connectivity index (χ3v) is 0. The predicted molar refractivity (Wildman–Crippen MR) is 20.5 cm³/mol. The van der Waals surface area contributed by atoms with Gasteiger partial charge in [-0.2, -0.15) is 0 Å². The fraction of sp³-hybridized carbons (Fsp3) is 0. The second-order valence-electron chi connectivity index (χ2n) is 0. The molecule has 0 N–H and O–H groups in total. The molecule has 0 atom stereocenters. The van der Waals surface area contributed by atoms with Gasteiger partial charge < -0.3 is 13.5 Å². The van der Waals surface area contributed by atoms with Crippen molar-refractivity contribution in [3.63, 3.8) is 0 Å². The largest absolute Gasteiger partial charge is 3.00 e. The molecule has 6 radical (unpaired) electrons. The van der Waals surface area contributed by atoms with Crippen LogP contribution in [0.15, 0.2) is 0 Å². The van der Waals surface area contributed by atoms with E-state index in [1.807, 2.05) is 0 Å². The van der Waals surface area contributed by atoms with E-state index >= 15 is 0 Å². The van der Waals surface area contributed by atoms with Gasteiger partial charge in [-0.15, -0.1) is 0 Å². The molecular weight excluding hydrogens is 363 g/mol. The Morgan fingerprint density at radius 1 is 1.00 bits per heavy atom. The first-order valence-corrected chi connectivity index (χ1v) is 0. The van der Waals surface area contributed by atoms with Crippen molar-refractivity contribution in [1.29, 1.82) is 0 Å². The SMILES string of the molecule is [Cu+2].[In+3].[Mn+2].[S+2].[S-2].[Zn+2]. The molecule has 0 fully saturated rings. The summed E-state index contributed by atoms with van der Waals surface area (Å²) in [6.45, 7) is 0. The van der Waals surface area contributed by atoms with Gasteiger partial charge in [-0.1, -0.05) is 0 Å². The molecule has 0 nitrogen and oxygen atoms in total. The van der Waals surface area contributed by atoms with Gasteiger partial charge in [0.2, 0.25) is 0 Å². The molecule has 0 aliphatic rings. The van der Waals surface area contributed by atoms with Crippen molar-refractivity contribution in [2.75, 3.05) is 0 Å². The van der Waals surface area contributed by atoms with Crippen molar-refractivity contribution >= 4 is 52.8 Å². The minimum Gasteiger partial charge on any atom is -2.00 e. The van der Waals surface area contributed by atoms with Gasteiger partial charge in [-0.05, 0) is 0 Å². The van der Waals surface area contributed by atoms with E-state index in [0.717, 1.165) is 0 Å². The van der Waals surface area contributed by atoms with Crippen LogP contribution < -0.4 is 0 Å². The van der Waals surface area contributed by atoms with Crippen LogP contribution in [0.5, 0.6) is 0 Å². The van der Waals surface area contributed by atoms with Gasteiger partial charge in [-0.3, -0.25) is 0 Å². The van der Waals surface area contributed by atoms with Crippen LogP contribution in [-0.4, -0.2) is 25.8 Å². The van der Waals surface area contributed by atoms with Crippen molar-refractivity contribution in [1.82, 2.24) is 0 Å². The molecule has 0 saturated heterocycles. The zero-order valence-corrected chi connectivity index (χ0v) is 12.8. The van der Waals surface area contributed by atoms with Crippen molar-refractivity contribution in [2.24, 2.45) is 0 Å². The Balaban J connectivity index is 0. The fourth-order valence-electron chi connectivity index (χ4n) is 0. The monoisotopic (exact) mass is 361 g/mol. The zero-order valence-electron chi connectivity index (χ0n) is 2.78. The van der Waals surface area contributed by atoms with E-state index in [2.05, 4.69) is 0 Å². The topological polar surface area (TPSA) is 0 Å². The summed E-state index contributed by atoms with van der Waals surface area (Å²) in [6, 6.07) is 0. The standard InChI is InChI=1S/Cu.In.Mn.2S.Zn/q+2;+3;+2;-2;2*+2. The van der Waals surface area contributed by atoms with E-state index in [-0.39, 0.29) is 106 Å². The molecular formula is CuInMnS2Zn+9. The first-order valence-electron chi connectivity index (χ1n) is 0. The van der Waals surface area contributed by atoms with Gasteiger partial charge in [0, 0.05) is 0 Å². The number of hydrogen-bond acceptors (Lipinski definition) is 0. The minimum absolute atomic E-state index is 0. The normalized spacial score (nSPS) is 0. The van der Waals surface area contributed by atoms with E-state index in [4.69, 9.17) is 0 Å². The summed E-state index contributed by atoms with van der Waals surface area (Å²) in [6.07, 6.45) is 0. The first-order chi connectivity index (χ1) is 0. The molecule has 6 heavy (non-hydrogen) atoms. The molecule has 0 bridgehead atoms. The Kier molecular flexibility index (Phi) is 411. The molecule has 6 heteroatoms. The summed E-state index contributed by atoms with van der Waals surface area (Å²) in [5.74, 6) is 0. The molecule has 0 unspecified atom stereocenters. The summed E-state index contributed by atoms with van der Waals surface area (Å²) in [7, 11) is 0. The number of hydrogen-bond donors (Lipinski definition) is 0. The average Bonchev–Trinajstić information content (AvgIpc) is 0. The smallest absolute Gasteiger partial charge is 2.00 e.